The van der Waals surface area contributed by atoms with Crippen molar-refractivity contribution in [1.82, 2.24) is 10.2 Å². The molecule has 1 heterocycles. The standard InChI is InChI=1S/C14H19N3O2/c1-8(2)13-12(14(15)17-16-13)10-7-9(18-3)5-6-11(10)19-4/h5-8H,1-4H3,(H3,15,16,17). The van der Waals surface area contributed by atoms with E-state index < -0.39 is 0 Å². The second-order valence-electron chi connectivity index (χ2n) is 4.62. The van der Waals surface area contributed by atoms with Crippen molar-refractivity contribution < 1.29 is 9.47 Å². The van der Waals surface area contributed by atoms with Crippen LogP contribution >= 0.6 is 0 Å². The van der Waals surface area contributed by atoms with Gasteiger partial charge in [0, 0.05) is 11.3 Å². The van der Waals surface area contributed by atoms with Crippen LogP contribution in [0.25, 0.3) is 11.1 Å². The number of ether oxygens (including phenoxy) is 2. The van der Waals surface area contributed by atoms with Gasteiger partial charge in [-0.25, -0.2) is 0 Å². The molecular formula is C14H19N3O2. The molecule has 0 bridgehead atoms. The van der Waals surface area contributed by atoms with Gasteiger partial charge in [-0.1, -0.05) is 13.8 Å². The van der Waals surface area contributed by atoms with E-state index in [1.165, 1.54) is 0 Å². The summed E-state index contributed by atoms with van der Waals surface area (Å²) in [6.07, 6.45) is 0. The zero-order chi connectivity index (χ0) is 14.0. The number of nitrogen functional groups attached to an aromatic ring is 1. The molecule has 0 spiro atoms. The molecule has 5 nitrogen and oxygen atoms in total. The van der Waals surface area contributed by atoms with Gasteiger partial charge in [0.25, 0.3) is 0 Å². The lowest BCUT2D eigenvalue weighted by molar-refractivity contribution is 0.404. The number of anilines is 1. The number of methoxy groups -OCH3 is 2. The first-order chi connectivity index (χ1) is 9.08. The first kappa shape index (κ1) is 13.3. The van der Waals surface area contributed by atoms with E-state index in [9.17, 15) is 0 Å². The Kier molecular flexibility index (Phi) is 3.64. The third-order valence-electron chi connectivity index (χ3n) is 3.08. The van der Waals surface area contributed by atoms with Crippen LogP contribution in [-0.2, 0) is 0 Å². The Hall–Kier alpha value is -2.17. The summed E-state index contributed by atoms with van der Waals surface area (Å²) in [5.74, 6) is 2.26. The van der Waals surface area contributed by atoms with Crippen LogP contribution in [0.1, 0.15) is 25.5 Å². The molecule has 2 aromatic rings. The van der Waals surface area contributed by atoms with E-state index in [2.05, 4.69) is 24.0 Å². The minimum absolute atomic E-state index is 0.288. The number of hydrogen-bond acceptors (Lipinski definition) is 4. The van der Waals surface area contributed by atoms with E-state index in [0.29, 0.717) is 5.82 Å². The first-order valence-corrected chi connectivity index (χ1v) is 6.14. The molecule has 0 saturated heterocycles. The fraction of sp³-hybridized carbons (Fsp3) is 0.357. The number of nitrogens with zero attached hydrogens (tertiary/aromatic N) is 1. The molecule has 1 aromatic heterocycles. The number of H-pyrrole nitrogens is 1. The Labute approximate surface area is 112 Å². The summed E-state index contributed by atoms with van der Waals surface area (Å²) in [6, 6.07) is 5.63. The minimum Gasteiger partial charge on any atom is -0.497 e. The average Bonchev–Trinajstić information content (AvgIpc) is 2.80. The van der Waals surface area contributed by atoms with Crippen LogP contribution in [0.5, 0.6) is 11.5 Å². The summed E-state index contributed by atoms with van der Waals surface area (Å²) in [5.41, 5.74) is 8.74. The van der Waals surface area contributed by atoms with Gasteiger partial charge in [0.15, 0.2) is 5.82 Å². The Morgan fingerprint density at radius 1 is 1.21 bits per heavy atom. The summed E-state index contributed by atoms with van der Waals surface area (Å²) < 4.78 is 10.7. The molecule has 0 saturated carbocycles. The van der Waals surface area contributed by atoms with Crippen molar-refractivity contribution >= 4 is 5.82 Å². The first-order valence-electron chi connectivity index (χ1n) is 6.14. The zero-order valence-electron chi connectivity index (χ0n) is 11.7. The maximum absolute atomic E-state index is 5.99. The number of aromatic amines is 1. The van der Waals surface area contributed by atoms with Gasteiger partial charge in [-0.2, -0.15) is 5.10 Å². The van der Waals surface area contributed by atoms with E-state index in [4.69, 9.17) is 15.2 Å². The monoisotopic (exact) mass is 261 g/mol. The van der Waals surface area contributed by atoms with Gasteiger partial charge in [-0.05, 0) is 24.1 Å². The Balaban J connectivity index is 2.66. The molecular weight excluding hydrogens is 242 g/mol. The van der Waals surface area contributed by atoms with Crippen LogP contribution < -0.4 is 15.2 Å². The summed E-state index contributed by atoms with van der Waals surface area (Å²) in [5, 5.41) is 7.09. The van der Waals surface area contributed by atoms with E-state index in [0.717, 1.165) is 28.3 Å². The number of nitrogens with two attached hydrogens (primary N) is 1. The van der Waals surface area contributed by atoms with Crippen LogP contribution in [-0.4, -0.2) is 24.4 Å². The molecule has 0 amide bonds. The topological polar surface area (TPSA) is 73.2 Å². The van der Waals surface area contributed by atoms with E-state index in [-0.39, 0.29) is 5.92 Å². The number of hydrogen-bond donors (Lipinski definition) is 2. The highest BCUT2D eigenvalue weighted by atomic mass is 16.5. The maximum atomic E-state index is 5.99. The van der Waals surface area contributed by atoms with Gasteiger partial charge < -0.3 is 15.2 Å². The molecule has 102 valence electrons. The van der Waals surface area contributed by atoms with E-state index in [1.807, 2.05) is 18.2 Å². The lowest BCUT2D eigenvalue weighted by atomic mass is 9.98. The van der Waals surface area contributed by atoms with Crippen molar-refractivity contribution in [2.24, 2.45) is 0 Å². The third kappa shape index (κ3) is 2.36. The highest BCUT2D eigenvalue weighted by Crippen LogP contribution is 2.39. The second-order valence-corrected chi connectivity index (χ2v) is 4.62. The van der Waals surface area contributed by atoms with E-state index >= 15 is 0 Å². The van der Waals surface area contributed by atoms with Gasteiger partial charge in [0.05, 0.1) is 19.8 Å². The van der Waals surface area contributed by atoms with Crippen LogP contribution in [0.15, 0.2) is 18.2 Å². The predicted molar refractivity (Wildman–Crippen MR) is 75.6 cm³/mol. The maximum Gasteiger partial charge on any atom is 0.153 e. The highest BCUT2D eigenvalue weighted by Gasteiger charge is 2.19. The molecule has 1 aromatic carbocycles. The molecule has 0 fully saturated rings. The second kappa shape index (κ2) is 5.22. The molecule has 0 aliphatic heterocycles. The van der Waals surface area contributed by atoms with Crippen molar-refractivity contribution in [3.8, 4) is 22.6 Å². The molecule has 2 rings (SSSR count). The van der Waals surface area contributed by atoms with Gasteiger partial charge in [0.1, 0.15) is 11.5 Å². The number of aromatic nitrogens is 2. The molecule has 5 heteroatoms. The quantitative estimate of drug-likeness (QED) is 0.887. The molecule has 3 N–H and O–H groups in total. The van der Waals surface area contributed by atoms with Crippen molar-refractivity contribution in [2.45, 2.75) is 19.8 Å². The fourth-order valence-corrected chi connectivity index (χ4v) is 2.08. The van der Waals surface area contributed by atoms with Crippen molar-refractivity contribution in [1.29, 1.82) is 0 Å². The van der Waals surface area contributed by atoms with E-state index in [1.54, 1.807) is 14.2 Å². The average molecular weight is 261 g/mol. The zero-order valence-corrected chi connectivity index (χ0v) is 11.7. The van der Waals surface area contributed by atoms with Gasteiger partial charge in [-0.3, -0.25) is 5.10 Å². The smallest absolute Gasteiger partial charge is 0.153 e. The Bertz CT molecular complexity index is 576. The van der Waals surface area contributed by atoms with Crippen molar-refractivity contribution in [2.75, 3.05) is 20.0 Å². The predicted octanol–water partition coefficient (Wildman–Crippen LogP) is 2.80. The molecule has 0 radical (unpaired) electrons. The minimum atomic E-state index is 0.288. The van der Waals surface area contributed by atoms with Crippen LogP contribution in [0.3, 0.4) is 0 Å². The highest BCUT2D eigenvalue weighted by molar-refractivity contribution is 5.81. The van der Waals surface area contributed by atoms with Crippen molar-refractivity contribution in [3.05, 3.63) is 23.9 Å². The van der Waals surface area contributed by atoms with Crippen LogP contribution in [0.2, 0.25) is 0 Å². The number of rotatable bonds is 4. The van der Waals surface area contributed by atoms with Gasteiger partial charge >= 0.3 is 0 Å². The van der Waals surface area contributed by atoms with Crippen molar-refractivity contribution in [3.63, 3.8) is 0 Å². The molecule has 0 atom stereocenters. The normalized spacial score (nSPS) is 10.8. The summed E-state index contributed by atoms with van der Waals surface area (Å²) in [4.78, 5) is 0. The largest absolute Gasteiger partial charge is 0.497 e. The molecule has 19 heavy (non-hydrogen) atoms. The number of benzene rings is 1. The summed E-state index contributed by atoms with van der Waals surface area (Å²) in [7, 11) is 3.27. The van der Waals surface area contributed by atoms with Gasteiger partial charge in [-0.15, -0.1) is 0 Å². The third-order valence-corrected chi connectivity index (χ3v) is 3.08. The molecule has 0 unspecified atom stereocenters. The van der Waals surface area contributed by atoms with Crippen LogP contribution in [0.4, 0.5) is 5.82 Å². The SMILES string of the molecule is COc1ccc(OC)c(-c2c(N)n[nH]c2C(C)C)c1. The number of nitrogens with one attached hydrogen (secondary N) is 1. The Morgan fingerprint density at radius 3 is 2.53 bits per heavy atom. The Morgan fingerprint density at radius 2 is 1.95 bits per heavy atom. The fourth-order valence-electron chi connectivity index (χ4n) is 2.08. The van der Waals surface area contributed by atoms with Crippen LogP contribution in [0, 0.1) is 0 Å². The molecule has 0 aliphatic rings. The summed E-state index contributed by atoms with van der Waals surface area (Å²) in [6.45, 7) is 4.17. The molecule has 0 aliphatic carbocycles. The lowest BCUT2D eigenvalue weighted by Crippen LogP contribution is -1.96. The lowest BCUT2D eigenvalue weighted by Gasteiger charge is -2.12. The van der Waals surface area contributed by atoms with Gasteiger partial charge in [0.2, 0.25) is 0 Å². The summed E-state index contributed by atoms with van der Waals surface area (Å²) >= 11 is 0.